The number of piperazine rings is 1. The fourth-order valence-corrected chi connectivity index (χ4v) is 5.27. The molecule has 6 nitrogen and oxygen atoms in total. The molecule has 0 atom stereocenters. The quantitative estimate of drug-likeness (QED) is 0.749. The van der Waals surface area contributed by atoms with Gasteiger partial charge in [0.25, 0.3) is 0 Å². The molecule has 0 radical (unpaired) electrons. The van der Waals surface area contributed by atoms with Gasteiger partial charge in [-0.25, -0.2) is 0 Å². The van der Waals surface area contributed by atoms with Crippen molar-refractivity contribution in [2.75, 3.05) is 32.8 Å². The Bertz CT molecular complexity index is 924. The Morgan fingerprint density at radius 2 is 1.66 bits per heavy atom. The minimum absolute atomic E-state index is 0.0289. The number of carbonyl (C=O) groups excluding carboxylic acids is 2. The molecule has 5 rings (SSSR count). The maximum atomic E-state index is 12.9. The number of benzene rings is 1. The van der Waals surface area contributed by atoms with Gasteiger partial charge in [0.2, 0.25) is 11.8 Å². The van der Waals surface area contributed by atoms with Gasteiger partial charge in [0.05, 0.1) is 17.6 Å². The lowest BCUT2D eigenvalue weighted by atomic mass is 9.85. The van der Waals surface area contributed by atoms with Gasteiger partial charge in [-0.15, -0.1) is 0 Å². The van der Waals surface area contributed by atoms with Crippen molar-refractivity contribution in [1.29, 1.82) is 0 Å². The lowest BCUT2D eigenvalue weighted by Gasteiger charge is -2.36. The van der Waals surface area contributed by atoms with Crippen LogP contribution in [-0.4, -0.2) is 64.3 Å². The molecular weight excluding hydrogens is 364 g/mol. The summed E-state index contributed by atoms with van der Waals surface area (Å²) in [6, 6.07) is 10.4. The molecule has 1 aromatic carbocycles. The van der Waals surface area contributed by atoms with E-state index in [1.165, 1.54) is 15.8 Å². The van der Waals surface area contributed by atoms with Crippen molar-refractivity contribution in [2.45, 2.75) is 38.6 Å². The summed E-state index contributed by atoms with van der Waals surface area (Å²) in [7, 11) is 0. The molecule has 1 saturated carbocycles. The largest absolute Gasteiger partial charge is 0.296 e. The molecule has 2 aromatic rings. The molecule has 3 heterocycles. The standard InChI is InChI=1S/C23H28N4O2/c28-20-15-23(8-1-2-9-23)22(29)27(20)17-26-13-11-25(12-14-26)16-19-6-3-5-18-7-4-10-24-21(18)19/h3-7,10H,1-2,8-9,11-17H2. The average Bonchev–Trinajstić information content (AvgIpc) is 3.30. The van der Waals surface area contributed by atoms with Crippen LogP contribution < -0.4 is 0 Å². The molecule has 29 heavy (non-hydrogen) atoms. The second-order valence-corrected chi connectivity index (χ2v) is 8.82. The summed E-state index contributed by atoms with van der Waals surface area (Å²) in [5, 5.41) is 1.18. The zero-order valence-corrected chi connectivity index (χ0v) is 16.8. The molecule has 152 valence electrons. The molecule has 1 aliphatic carbocycles. The van der Waals surface area contributed by atoms with Crippen LogP contribution in [0.25, 0.3) is 10.9 Å². The summed E-state index contributed by atoms with van der Waals surface area (Å²) in [6.45, 7) is 4.97. The lowest BCUT2D eigenvalue weighted by molar-refractivity contribution is -0.144. The third-order valence-electron chi connectivity index (χ3n) is 6.97. The van der Waals surface area contributed by atoms with Gasteiger partial charge in [0.1, 0.15) is 0 Å². The van der Waals surface area contributed by atoms with Gasteiger partial charge < -0.3 is 0 Å². The van der Waals surface area contributed by atoms with Gasteiger partial charge in [0, 0.05) is 50.7 Å². The number of nitrogens with zero attached hydrogens (tertiary/aromatic N) is 4. The molecule has 1 spiro atoms. The second kappa shape index (κ2) is 7.50. The van der Waals surface area contributed by atoms with E-state index in [9.17, 15) is 9.59 Å². The van der Waals surface area contributed by atoms with E-state index in [2.05, 4.69) is 39.0 Å². The van der Waals surface area contributed by atoms with Crippen LogP contribution in [0.5, 0.6) is 0 Å². The normalized spacial score (nSPS) is 23.0. The number of para-hydroxylation sites is 1. The Hall–Kier alpha value is -2.31. The van der Waals surface area contributed by atoms with Crippen molar-refractivity contribution in [2.24, 2.45) is 5.41 Å². The predicted octanol–water partition coefficient (Wildman–Crippen LogP) is 2.63. The van der Waals surface area contributed by atoms with Crippen LogP contribution in [0.4, 0.5) is 0 Å². The van der Waals surface area contributed by atoms with Crippen LogP contribution in [0, 0.1) is 5.41 Å². The number of hydrogen-bond acceptors (Lipinski definition) is 5. The summed E-state index contributed by atoms with van der Waals surface area (Å²) >= 11 is 0. The van der Waals surface area contributed by atoms with Crippen molar-refractivity contribution < 1.29 is 9.59 Å². The van der Waals surface area contributed by atoms with Crippen LogP contribution in [0.1, 0.15) is 37.7 Å². The Kier molecular flexibility index (Phi) is 4.84. The maximum Gasteiger partial charge on any atom is 0.237 e. The van der Waals surface area contributed by atoms with Crippen molar-refractivity contribution in [3.8, 4) is 0 Å². The average molecular weight is 393 g/mol. The van der Waals surface area contributed by atoms with E-state index >= 15 is 0 Å². The fourth-order valence-electron chi connectivity index (χ4n) is 5.27. The Balaban J connectivity index is 1.19. The van der Waals surface area contributed by atoms with E-state index in [0.717, 1.165) is 63.9 Å². The van der Waals surface area contributed by atoms with Gasteiger partial charge in [-0.2, -0.15) is 0 Å². The second-order valence-electron chi connectivity index (χ2n) is 8.82. The molecule has 0 N–H and O–H groups in total. The number of fused-ring (bicyclic) bond motifs is 1. The summed E-state index contributed by atoms with van der Waals surface area (Å²) in [4.78, 5) is 36.2. The van der Waals surface area contributed by atoms with Crippen LogP contribution in [0.15, 0.2) is 36.5 Å². The van der Waals surface area contributed by atoms with Gasteiger partial charge in [0.15, 0.2) is 0 Å². The van der Waals surface area contributed by atoms with Crippen molar-refractivity contribution in [3.63, 3.8) is 0 Å². The van der Waals surface area contributed by atoms with Gasteiger partial charge in [-0.3, -0.25) is 29.3 Å². The summed E-state index contributed by atoms with van der Waals surface area (Å²) in [6.07, 6.45) is 6.22. The number of likely N-dealkylation sites (tertiary alicyclic amines) is 1. The first kappa shape index (κ1) is 18.7. The first-order valence-electron chi connectivity index (χ1n) is 10.8. The number of rotatable bonds is 4. The molecule has 0 unspecified atom stereocenters. The highest BCUT2D eigenvalue weighted by Crippen LogP contribution is 2.46. The highest BCUT2D eigenvalue weighted by atomic mass is 16.2. The van der Waals surface area contributed by atoms with Crippen LogP contribution in [-0.2, 0) is 16.1 Å². The SMILES string of the molecule is O=C1CC2(CCCC2)C(=O)N1CN1CCN(Cc2cccc3cccnc23)CC1. The molecule has 0 bridgehead atoms. The van der Waals surface area contributed by atoms with E-state index in [-0.39, 0.29) is 17.2 Å². The number of pyridine rings is 1. The summed E-state index contributed by atoms with van der Waals surface area (Å²) in [5.74, 6) is 0.116. The Morgan fingerprint density at radius 3 is 2.45 bits per heavy atom. The van der Waals surface area contributed by atoms with E-state index in [0.29, 0.717) is 13.1 Å². The monoisotopic (exact) mass is 392 g/mol. The minimum atomic E-state index is -0.361. The van der Waals surface area contributed by atoms with Crippen molar-refractivity contribution in [1.82, 2.24) is 19.7 Å². The fraction of sp³-hybridized carbons (Fsp3) is 0.522. The zero-order chi connectivity index (χ0) is 19.8. The van der Waals surface area contributed by atoms with Crippen LogP contribution >= 0.6 is 0 Å². The number of amides is 2. The zero-order valence-electron chi connectivity index (χ0n) is 16.8. The van der Waals surface area contributed by atoms with Gasteiger partial charge >= 0.3 is 0 Å². The molecule has 3 aliphatic rings. The highest BCUT2D eigenvalue weighted by Gasteiger charge is 2.52. The number of carbonyl (C=O) groups is 2. The first-order chi connectivity index (χ1) is 14.1. The third-order valence-corrected chi connectivity index (χ3v) is 6.97. The van der Waals surface area contributed by atoms with Gasteiger partial charge in [-0.1, -0.05) is 37.1 Å². The Morgan fingerprint density at radius 1 is 0.931 bits per heavy atom. The van der Waals surface area contributed by atoms with Crippen molar-refractivity contribution in [3.05, 3.63) is 42.1 Å². The lowest BCUT2D eigenvalue weighted by Crippen LogP contribution is -2.51. The van der Waals surface area contributed by atoms with E-state index in [1.807, 2.05) is 12.3 Å². The molecule has 3 fully saturated rings. The highest BCUT2D eigenvalue weighted by molar-refractivity contribution is 6.06. The molecule has 2 saturated heterocycles. The van der Waals surface area contributed by atoms with E-state index < -0.39 is 0 Å². The van der Waals surface area contributed by atoms with Crippen molar-refractivity contribution >= 4 is 22.7 Å². The van der Waals surface area contributed by atoms with Gasteiger partial charge in [-0.05, 0) is 24.5 Å². The molecule has 2 aliphatic heterocycles. The molecule has 2 amide bonds. The third kappa shape index (κ3) is 3.45. The first-order valence-corrected chi connectivity index (χ1v) is 10.8. The van der Waals surface area contributed by atoms with E-state index in [4.69, 9.17) is 0 Å². The number of hydrogen-bond donors (Lipinski definition) is 0. The number of imide groups is 1. The molecular formula is C23H28N4O2. The predicted molar refractivity (Wildman–Crippen MR) is 111 cm³/mol. The summed E-state index contributed by atoms with van der Waals surface area (Å²) in [5.41, 5.74) is 1.97. The smallest absolute Gasteiger partial charge is 0.237 e. The summed E-state index contributed by atoms with van der Waals surface area (Å²) < 4.78 is 0. The molecule has 6 heteroatoms. The Labute approximate surface area is 171 Å². The van der Waals surface area contributed by atoms with Crippen LogP contribution in [0.2, 0.25) is 0 Å². The maximum absolute atomic E-state index is 12.9. The number of aromatic nitrogens is 1. The minimum Gasteiger partial charge on any atom is -0.296 e. The van der Waals surface area contributed by atoms with Crippen LogP contribution in [0.3, 0.4) is 0 Å². The van der Waals surface area contributed by atoms with E-state index in [1.54, 1.807) is 0 Å². The molecule has 1 aromatic heterocycles. The topological polar surface area (TPSA) is 56.8 Å².